The first-order chi connectivity index (χ1) is 9.75. The van der Waals surface area contributed by atoms with Crippen LogP contribution in [-0.2, 0) is 11.5 Å². The van der Waals surface area contributed by atoms with E-state index >= 15 is 0 Å². The Balaban J connectivity index is 1.80. The first kappa shape index (κ1) is 12.0. The topological polar surface area (TPSA) is 103 Å². The summed E-state index contributed by atoms with van der Waals surface area (Å²) in [6, 6.07) is 3.24. The summed E-state index contributed by atoms with van der Waals surface area (Å²) < 4.78 is 6.42. The van der Waals surface area contributed by atoms with Crippen LogP contribution in [0.1, 0.15) is 10.4 Å². The maximum absolute atomic E-state index is 11.8. The van der Waals surface area contributed by atoms with Gasteiger partial charge < -0.3 is 9.72 Å². The molecule has 0 spiro atoms. The number of aromatic nitrogens is 5. The van der Waals surface area contributed by atoms with Gasteiger partial charge in [-0.05, 0) is 12.1 Å². The molecule has 0 aromatic carbocycles. The van der Waals surface area contributed by atoms with E-state index in [2.05, 4.69) is 20.1 Å². The molecule has 20 heavy (non-hydrogen) atoms. The van der Waals surface area contributed by atoms with Gasteiger partial charge in [0.25, 0.3) is 5.56 Å². The first-order valence-electron chi connectivity index (χ1n) is 5.72. The summed E-state index contributed by atoms with van der Waals surface area (Å²) in [6.07, 6.45) is 5.62. The van der Waals surface area contributed by atoms with E-state index in [0.717, 1.165) is 0 Å². The number of pyridine rings is 1. The Labute approximate surface area is 112 Å². The molecule has 3 rings (SSSR count). The fourth-order valence-electron chi connectivity index (χ4n) is 1.69. The first-order valence-corrected chi connectivity index (χ1v) is 5.72. The van der Waals surface area contributed by atoms with Gasteiger partial charge in [0.05, 0.1) is 18.1 Å². The van der Waals surface area contributed by atoms with E-state index in [1.807, 2.05) is 0 Å². The molecule has 3 aromatic rings. The molecule has 3 heterocycles. The predicted molar refractivity (Wildman–Crippen MR) is 67.8 cm³/mol. The molecule has 0 bridgehead atoms. The molecule has 0 saturated carbocycles. The van der Waals surface area contributed by atoms with Gasteiger partial charge in [-0.3, -0.25) is 9.78 Å². The molecule has 3 aromatic heterocycles. The van der Waals surface area contributed by atoms with Crippen molar-refractivity contribution in [2.24, 2.45) is 0 Å². The van der Waals surface area contributed by atoms with Crippen LogP contribution in [0.15, 0.2) is 41.8 Å². The maximum atomic E-state index is 11.8. The number of rotatable bonds is 3. The maximum Gasteiger partial charge on any atom is 0.341 e. The number of hydrogen-bond donors (Lipinski definition) is 1. The van der Waals surface area contributed by atoms with Gasteiger partial charge in [-0.2, -0.15) is 5.10 Å². The third-order valence-electron chi connectivity index (χ3n) is 2.65. The minimum absolute atomic E-state index is 0.131. The quantitative estimate of drug-likeness (QED) is 0.688. The van der Waals surface area contributed by atoms with Gasteiger partial charge in [0, 0.05) is 12.4 Å². The van der Waals surface area contributed by atoms with E-state index in [1.54, 1.807) is 18.3 Å². The number of aromatic amines is 1. The second-order valence-corrected chi connectivity index (χ2v) is 3.92. The Morgan fingerprint density at radius 1 is 1.40 bits per heavy atom. The Kier molecular flexibility index (Phi) is 2.96. The lowest BCUT2D eigenvalue weighted by Crippen LogP contribution is -2.12. The number of esters is 1. The largest absolute Gasteiger partial charge is 0.439 e. The zero-order valence-corrected chi connectivity index (χ0v) is 10.2. The van der Waals surface area contributed by atoms with E-state index in [-0.39, 0.29) is 12.3 Å². The van der Waals surface area contributed by atoms with Gasteiger partial charge in [0.1, 0.15) is 5.39 Å². The van der Waals surface area contributed by atoms with Gasteiger partial charge in [-0.15, -0.1) is 0 Å². The van der Waals surface area contributed by atoms with Crippen LogP contribution < -0.4 is 5.56 Å². The van der Waals surface area contributed by atoms with Crippen LogP contribution in [0.3, 0.4) is 0 Å². The summed E-state index contributed by atoms with van der Waals surface area (Å²) in [5.41, 5.74) is 0.405. The lowest BCUT2D eigenvalue weighted by Gasteiger charge is -2.04. The minimum atomic E-state index is -0.522. The average molecular weight is 271 g/mol. The molecule has 0 radical (unpaired) electrons. The van der Waals surface area contributed by atoms with Crippen molar-refractivity contribution >= 4 is 17.0 Å². The number of nitrogens with one attached hydrogen (secondary N) is 1. The van der Waals surface area contributed by atoms with Crippen molar-refractivity contribution < 1.29 is 9.53 Å². The molecule has 0 saturated heterocycles. The third-order valence-corrected chi connectivity index (χ3v) is 2.65. The number of hydrogen-bond acceptors (Lipinski definition) is 6. The highest BCUT2D eigenvalue weighted by Gasteiger charge is 2.10. The van der Waals surface area contributed by atoms with Crippen molar-refractivity contribution in [2.75, 3.05) is 0 Å². The highest BCUT2D eigenvalue weighted by Crippen LogP contribution is 2.06. The van der Waals surface area contributed by atoms with Crippen LogP contribution >= 0.6 is 0 Å². The zero-order chi connectivity index (χ0) is 13.9. The molecule has 100 valence electrons. The van der Waals surface area contributed by atoms with Gasteiger partial charge in [0.2, 0.25) is 0 Å². The molecule has 0 unspecified atom stereocenters. The second-order valence-electron chi connectivity index (χ2n) is 3.92. The highest BCUT2D eigenvalue weighted by molar-refractivity contribution is 5.88. The standard InChI is InChI=1S/C12H9N5O3/c18-11-9-5-16-17(10(9)14-6-15-11)7-20-12(19)8-2-1-3-13-4-8/h1-6H,7H2,(H,14,15,18). The Morgan fingerprint density at radius 3 is 3.10 bits per heavy atom. The molecule has 0 aliphatic carbocycles. The molecule has 8 nitrogen and oxygen atoms in total. The van der Waals surface area contributed by atoms with Crippen LogP contribution in [0.25, 0.3) is 11.0 Å². The molecule has 0 aliphatic rings. The summed E-state index contributed by atoms with van der Waals surface area (Å²) >= 11 is 0. The summed E-state index contributed by atoms with van der Waals surface area (Å²) in [4.78, 5) is 33.5. The molecule has 8 heteroatoms. The van der Waals surface area contributed by atoms with E-state index in [4.69, 9.17) is 4.74 Å². The van der Waals surface area contributed by atoms with Crippen molar-refractivity contribution in [1.82, 2.24) is 24.7 Å². The zero-order valence-electron chi connectivity index (χ0n) is 10.2. The van der Waals surface area contributed by atoms with Crippen LogP contribution in [0.5, 0.6) is 0 Å². The number of carbonyl (C=O) groups excluding carboxylic acids is 1. The van der Waals surface area contributed by atoms with E-state index in [0.29, 0.717) is 16.6 Å². The molecule has 0 fully saturated rings. The van der Waals surface area contributed by atoms with Crippen LogP contribution in [0.4, 0.5) is 0 Å². The molecular weight excluding hydrogens is 262 g/mol. The number of H-pyrrole nitrogens is 1. The molecule has 1 N–H and O–H groups in total. The SMILES string of the molecule is O=C(OCn1ncc2c(=O)[nH]cnc21)c1cccnc1. The summed E-state index contributed by atoms with van der Waals surface area (Å²) in [5.74, 6) is -0.522. The fourth-order valence-corrected chi connectivity index (χ4v) is 1.69. The Morgan fingerprint density at radius 2 is 2.30 bits per heavy atom. The molecular formula is C12H9N5O3. The third kappa shape index (κ3) is 2.14. The van der Waals surface area contributed by atoms with E-state index < -0.39 is 5.97 Å². The normalized spacial score (nSPS) is 10.6. The monoisotopic (exact) mass is 271 g/mol. The summed E-state index contributed by atoms with van der Waals surface area (Å²) in [5, 5.41) is 4.30. The van der Waals surface area contributed by atoms with Gasteiger partial charge in [0.15, 0.2) is 12.4 Å². The number of carbonyl (C=O) groups is 1. The summed E-state index contributed by atoms with van der Waals surface area (Å²) in [6.45, 7) is -0.131. The van der Waals surface area contributed by atoms with Crippen LogP contribution in [0.2, 0.25) is 0 Å². The van der Waals surface area contributed by atoms with Gasteiger partial charge in [-0.1, -0.05) is 0 Å². The van der Waals surface area contributed by atoms with Crippen molar-refractivity contribution in [3.8, 4) is 0 Å². The predicted octanol–water partition coefficient (Wildman–Crippen LogP) is 0.329. The number of fused-ring (bicyclic) bond motifs is 1. The lowest BCUT2D eigenvalue weighted by atomic mass is 10.3. The fraction of sp³-hybridized carbons (Fsp3) is 0.0833. The van der Waals surface area contributed by atoms with Gasteiger partial charge in [-0.25, -0.2) is 14.5 Å². The second kappa shape index (κ2) is 4.92. The average Bonchev–Trinajstić information content (AvgIpc) is 2.90. The van der Waals surface area contributed by atoms with Crippen LogP contribution in [-0.4, -0.2) is 30.7 Å². The van der Waals surface area contributed by atoms with E-state index in [9.17, 15) is 9.59 Å². The van der Waals surface area contributed by atoms with Gasteiger partial charge >= 0.3 is 5.97 Å². The number of ether oxygens (including phenoxy) is 1. The van der Waals surface area contributed by atoms with Crippen molar-refractivity contribution in [2.45, 2.75) is 6.73 Å². The smallest absolute Gasteiger partial charge is 0.341 e. The molecule has 0 aliphatic heterocycles. The Bertz CT molecular complexity index is 809. The molecule has 0 atom stereocenters. The van der Waals surface area contributed by atoms with E-state index in [1.165, 1.54) is 23.4 Å². The molecule has 0 amide bonds. The minimum Gasteiger partial charge on any atom is -0.439 e. The lowest BCUT2D eigenvalue weighted by molar-refractivity contribution is 0.0356. The number of nitrogens with zero attached hydrogens (tertiary/aromatic N) is 4. The van der Waals surface area contributed by atoms with Crippen molar-refractivity contribution in [1.29, 1.82) is 0 Å². The highest BCUT2D eigenvalue weighted by atomic mass is 16.5. The van der Waals surface area contributed by atoms with Crippen LogP contribution in [0, 0.1) is 0 Å². The van der Waals surface area contributed by atoms with Crippen molar-refractivity contribution in [3.05, 3.63) is 53.0 Å². The Hall–Kier alpha value is -3.03. The van der Waals surface area contributed by atoms with Crippen molar-refractivity contribution in [3.63, 3.8) is 0 Å². The summed E-state index contributed by atoms with van der Waals surface area (Å²) in [7, 11) is 0.